The fraction of sp³-hybridized carbons (Fsp3) is 0.0566. The second kappa shape index (κ2) is 12.9. The lowest BCUT2D eigenvalue weighted by Gasteiger charge is -2.22. The van der Waals surface area contributed by atoms with Crippen LogP contribution in [0.2, 0.25) is 0 Å². The van der Waals surface area contributed by atoms with E-state index < -0.39 is 0 Å². The van der Waals surface area contributed by atoms with Crippen LogP contribution in [-0.2, 0) is 5.41 Å². The number of fused-ring (bicyclic) bond motifs is 9. The number of hydrogen-bond donors (Lipinski definition) is 0. The smallest absolute Gasteiger partial charge is 0.164 e. The molecule has 0 N–H and O–H groups in total. The molecular formula is C53H36N4. The minimum absolute atomic E-state index is 0.0637. The summed E-state index contributed by atoms with van der Waals surface area (Å²) in [5.41, 5.74) is 12.7. The summed E-state index contributed by atoms with van der Waals surface area (Å²) in [5, 5.41) is 7.69. The van der Waals surface area contributed by atoms with Crippen molar-refractivity contribution in [2.75, 3.05) is 0 Å². The van der Waals surface area contributed by atoms with Gasteiger partial charge in [0, 0.05) is 34.5 Å². The van der Waals surface area contributed by atoms with Gasteiger partial charge in [-0.05, 0) is 101 Å². The highest BCUT2D eigenvalue weighted by Gasteiger charge is 2.35. The van der Waals surface area contributed by atoms with Crippen molar-refractivity contribution in [1.29, 1.82) is 0 Å². The van der Waals surface area contributed by atoms with Gasteiger partial charge in [0.1, 0.15) is 0 Å². The molecule has 11 rings (SSSR count). The predicted octanol–water partition coefficient (Wildman–Crippen LogP) is 13.4. The molecule has 0 fully saturated rings. The molecule has 0 unspecified atom stereocenters. The monoisotopic (exact) mass is 728 g/mol. The van der Waals surface area contributed by atoms with Gasteiger partial charge in [-0.3, -0.25) is 4.98 Å². The summed E-state index contributed by atoms with van der Waals surface area (Å²) in [7, 11) is 0. The van der Waals surface area contributed by atoms with Crippen LogP contribution in [0.15, 0.2) is 182 Å². The first-order valence-electron chi connectivity index (χ1n) is 19.5. The van der Waals surface area contributed by atoms with E-state index in [0.29, 0.717) is 17.5 Å². The van der Waals surface area contributed by atoms with E-state index in [1.165, 1.54) is 60.1 Å². The average Bonchev–Trinajstić information content (AvgIpc) is 3.51. The second-order valence-corrected chi connectivity index (χ2v) is 15.5. The number of aromatic nitrogens is 4. The van der Waals surface area contributed by atoms with Gasteiger partial charge in [-0.1, -0.05) is 159 Å². The van der Waals surface area contributed by atoms with Crippen molar-refractivity contribution in [3.05, 3.63) is 193 Å². The molecule has 1 aliphatic carbocycles. The van der Waals surface area contributed by atoms with Gasteiger partial charge in [-0.2, -0.15) is 0 Å². The van der Waals surface area contributed by atoms with Crippen LogP contribution in [0.25, 0.3) is 99.9 Å². The molecule has 0 bridgehead atoms. The number of rotatable bonds is 5. The van der Waals surface area contributed by atoms with E-state index in [4.69, 9.17) is 15.0 Å². The quantitative estimate of drug-likeness (QED) is 0.166. The fourth-order valence-corrected chi connectivity index (χ4v) is 8.84. The number of nitrogens with zero attached hydrogens (tertiary/aromatic N) is 4. The van der Waals surface area contributed by atoms with Crippen LogP contribution < -0.4 is 0 Å². The summed E-state index contributed by atoms with van der Waals surface area (Å²) >= 11 is 0. The summed E-state index contributed by atoms with van der Waals surface area (Å²) in [6.45, 7) is 4.71. The molecule has 0 atom stereocenters. The third-order valence-electron chi connectivity index (χ3n) is 11.8. The lowest BCUT2D eigenvalue weighted by Crippen LogP contribution is -2.14. The van der Waals surface area contributed by atoms with Gasteiger partial charge in [0.2, 0.25) is 0 Å². The third kappa shape index (κ3) is 5.44. The summed E-state index contributed by atoms with van der Waals surface area (Å²) in [6.07, 6.45) is 3.66. The normalized spacial score (nSPS) is 12.9. The van der Waals surface area contributed by atoms with E-state index in [2.05, 4.69) is 152 Å². The fourth-order valence-electron chi connectivity index (χ4n) is 8.84. The van der Waals surface area contributed by atoms with E-state index >= 15 is 0 Å². The zero-order valence-electron chi connectivity index (χ0n) is 31.6. The van der Waals surface area contributed by atoms with Crippen molar-refractivity contribution >= 4 is 32.3 Å². The summed E-state index contributed by atoms with van der Waals surface area (Å²) in [6, 6.07) is 60.7. The van der Waals surface area contributed by atoms with Crippen LogP contribution in [0, 0.1) is 0 Å². The molecule has 0 aliphatic heterocycles. The highest BCUT2D eigenvalue weighted by molar-refractivity contribution is 6.26. The average molecular weight is 729 g/mol. The molecule has 0 amide bonds. The third-order valence-corrected chi connectivity index (χ3v) is 11.8. The molecule has 0 radical (unpaired) electrons. The lowest BCUT2D eigenvalue weighted by atomic mass is 9.81. The van der Waals surface area contributed by atoms with Crippen LogP contribution in [0.5, 0.6) is 0 Å². The Morgan fingerprint density at radius 3 is 1.47 bits per heavy atom. The molecule has 0 saturated carbocycles. The van der Waals surface area contributed by atoms with Crippen molar-refractivity contribution in [3.8, 4) is 67.5 Å². The first kappa shape index (κ1) is 33.1. The molecule has 2 aromatic heterocycles. The van der Waals surface area contributed by atoms with E-state index in [9.17, 15) is 0 Å². The van der Waals surface area contributed by atoms with Crippen molar-refractivity contribution in [1.82, 2.24) is 19.9 Å². The SMILES string of the molecule is CC1(C)c2ccccc2-c2cc3c4ccccc4c4cc(-c5ccc(-c6nc(-c7ccccc7)nc(-c7ccc(-c8cccnc8)cc7)n6)cc5)ccc4c3cc21. The second-order valence-electron chi connectivity index (χ2n) is 15.5. The Morgan fingerprint density at radius 2 is 0.825 bits per heavy atom. The van der Waals surface area contributed by atoms with Gasteiger partial charge < -0.3 is 0 Å². The van der Waals surface area contributed by atoms with Gasteiger partial charge in [-0.25, -0.2) is 15.0 Å². The Labute approximate surface area is 331 Å². The molecule has 57 heavy (non-hydrogen) atoms. The zero-order valence-corrected chi connectivity index (χ0v) is 31.6. The summed E-state index contributed by atoms with van der Waals surface area (Å²) in [4.78, 5) is 19.2. The minimum atomic E-state index is -0.0637. The minimum Gasteiger partial charge on any atom is -0.264 e. The van der Waals surface area contributed by atoms with Gasteiger partial charge in [-0.15, -0.1) is 0 Å². The van der Waals surface area contributed by atoms with Crippen molar-refractivity contribution < 1.29 is 0 Å². The predicted molar refractivity (Wildman–Crippen MR) is 235 cm³/mol. The molecule has 4 nitrogen and oxygen atoms in total. The molecule has 10 aromatic rings. The lowest BCUT2D eigenvalue weighted by molar-refractivity contribution is 0.661. The Kier molecular flexibility index (Phi) is 7.48. The number of benzene rings is 8. The molecule has 1 aliphatic rings. The van der Waals surface area contributed by atoms with Crippen molar-refractivity contribution in [2.24, 2.45) is 0 Å². The van der Waals surface area contributed by atoms with E-state index in [1.807, 2.05) is 42.6 Å². The standard InChI is InChI=1S/C53H36N4/c1-53(2)48-17-9-8-16-43(48)47-30-45-41-15-7-6-14-40(41)44-29-38(26-27-42(44)46(45)31-49(47)53)33-18-22-36(23-19-33)51-55-50(35-11-4-3-5-12-35)56-52(57-51)37-24-20-34(21-25-37)39-13-10-28-54-32-39/h3-32H,1-2H3. The summed E-state index contributed by atoms with van der Waals surface area (Å²) in [5.74, 6) is 1.91. The maximum Gasteiger partial charge on any atom is 0.164 e. The molecule has 8 aromatic carbocycles. The first-order chi connectivity index (χ1) is 28.0. The van der Waals surface area contributed by atoms with Gasteiger partial charge in [0.15, 0.2) is 17.5 Å². The Hall–Kier alpha value is -7.30. The van der Waals surface area contributed by atoms with Gasteiger partial charge >= 0.3 is 0 Å². The summed E-state index contributed by atoms with van der Waals surface area (Å²) < 4.78 is 0. The maximum absolute atomic E-state index is 5.02. The van der Waals surface area contributed by atoms with Crippen LogP contribution in [0.1, 0.15) is 25.0 Å². The van der Waals surface area contributed by atoms with E-state index in [1.54, 1.807) is 6.20 Å². The molecule has 0 saturated heterocycles. The number of hydrogen-bond acceptors (Lipinski definition) is 4. The van der Waals surface area contributed by atoms with Crippen LogP contribution in [-0.4, -0.2) is 19.9 Å². The Morgan fingerprint density at radius 1 is 0.333 bits per heavy atom. The zero-order chi connectivity index (χ0) is 38.1. The van der Waals surface area contributed by atoms with Crippen molar-refractivity contribution in [2.45, 2.75) is 19.3 Å². The van der Waals surface area contributed by atoms with Crippen LogP contribution in [0.3, 0.4) is 0 Å². The highest BCUT2D eigenvalue weighted by atomic mass is 15.0. The Balaban J connectivity index is 0.996. The molecular weight excluding hydrogens is 693 g/mol. The van der Waals surface area contributed by atoms with E-state index in [0.717, 1.165) is 33.4 Å². The van der Waals surface area contributed by atoms with Crippen molar-refractivity contribution in [3.63, 3.8) is 0 Å². The Bertz CT molecular complexity index is 3170. The topological polar surface area (TPSA) is 51.6 Å². The molecule has 268 valence electrons. The van der Waals surface area contributed by atoms with Crippen LogP contribution >= 0.6 is 0 Å². The van der Waals surface area contributed by atoms with Gasteiger partial charge in [0.05, 0.1) is 0 Å². The first-order valence-corrected chi connectivity index (χ1v) is 19.5. The van der Waals surface area contributed by atoms with Crippen LogP contribution in [0.4, 0.5) is 0 Å². The molecule has 0 spiro atoms. The van der Waals surface area contributed by atoms with E-state index in [-0.39, 0.29) is 5.41 Å². The maximum atomic E-state index is 5.02. The molecule has 2 heterocycles. The number of pyridine rings is 1. The largest absolute Gasteiger partial charge is 0.264 e. The highest BCUT2D eigenvalue weighted by Crippen LogP contribution is 2.51. The van der Waals surface area contributed by atoms with Gasteiger partial charge in [0.25, 0.3) is 0 Å². The molecule has 4 heteroatoms.